The maximum absolute atomic E-state index is 15.4. The molecule has 0 fully saturated rings. The van der Waals surface area contributed by atoms with Gasteiger partial charge < -0.3 is 0 Å². The molecule has 0 nitrogen and oxygen atoms in total. The summed E-state index contributed by atoms with van der Waals surface area (Å²) in [6.45, 7) is 0. The summed E-state index contributed by atoms with van der Waals surface area (Å²) in [5.74, 6) is -71.4. The van der Waals surface area contributed by atoms with Crippen LogP contribution in [0.15, 0.2) is 70.5 Å². The molecule has 0 aliphatic heterocycles. The van der Waals surface area contributed by atoms with Gasteiger partial charge >= 0.3 is 0 Å². The van der Waals surface area contributed by atoms with Crippen molar-refractivity contribution >= 4 is 38.9 Å². The summed E-state index contributed by atoms with van der Waals surface area (Å²) in [6, 6.07) is 21.3. The fraction of sp³-hybridized carbons (Fsp3) is 0.0270. The molecule has 0 aliphatic carbocycles. The van der Waals surface area contributed by atoms with Crippen molar-refractivity contribution in [1.82, 2.24) is 0 Å². The topological polar surface area (TPSA) is 0 Å². The third-order valence-electron chi connectivity index (χ3n) is 8.90. The number of rotatable bonds is 6. The van der Waals surface area contributed by atoms with Gasteiger partial charge in [0.2, 0.25) is 0 Å². The van der Waals surface area contributed by atoms with Crippen molar-refractivity contribution in [3.05, 3.63) is 177 Å². The highest BCUT2D eigenvalue weighted by atomic mass is 32.2. The number of hydrogen-bond donors (Lipinski definition) is 0. The van der Waals surface area contributed by atoms with Crippen LogP contribution in [0.1, 0.15) is 0 Å². The Kier molecular flexibility index (Phi) is 12.5. The molecule has 0 saturated heterocycles. The van der Waals surface area contributed by atoms with Crippen LogP contribution in [-0.2, 0) is 10.9 Å². The summed E-state index contributed by atoms with van der Waals surface area (Å²) in [5.41, 5.74) is -14.3. The van der Waals surface area contributed by atoms with Gasteiger partial charge in [0, 0.05) is 0 Å². The monoisotopic (exact) mass is 880 g/mol. The molecule has 0 saturated carbocycles. The molecular weight excluding hydrogens is 867 g/mol. The second-order valence-corrected chi connectivity index (χ2v) is 13.9. The molecule has 0 bridgehead atoms. The number of halogens is 20. The number of benzene rings is 6. The molecule has 0 N–H and O–H groups in total. The molecule has 22 heteroatoms. The first kappa shape index (κ1) is 44.4. The lowest BCUT2D eigenvalue weighted by Gasteiger charge is -2.44. The molecule has 6 rings (SSSR count). The zero-order valence-corrected chi connectivity index (χ0v) is 29.1. The van der Waals surface area contributed by atoms with Crippen LogP contribution in [0.3, 0.4) is 0 Å². The van der Waals surface area contributed by atoms with Crippen LogP contribution < -0.4 is 21.9 Å². The third-order valence-corrected chi connectivity index (χ3v) is 10.9. The molecule has 0 atom stereocenters. The summed E-state index contributed by atoms with van der Waals surface area (Å²) in [7, 11) is 0.203. The van der Waals surface area contributed by atoms with Crippen molar-refractivity contribution in [2.24, 2.45) is 0 Å². The fourth-order valence-electron chi connectivity index (χ4n) is 6.26. The highest BCUT2D eigenvalue weighted by Crippen LogP contribution is 2.31. The summed E-state index contributed by atoms with van der Waals surface area (Å²) in [6.07, 6.45) is -4.95. The van der Waals surface area contributed by atoms with Crippen molar-refractivity contribution in [2.45, 2.75) is 9.79 Å². The lowest BCUT2D eigenvalue weighted by Crippen LogP contribution is -2.81. The third kappa shape index (κ3) is 6.93. The molecule has 0 aliphatic rings. The SMILES string of the molecule is C[S+](c1ccccc1)c1ccccc1.Fc1c(F)c(F)c([B-](c2c(F)c(F)c(F)c(F)c2F)(c2c(F)c(F)c(F)c(F)c2F)c2c(F)c(F)c(F)c(F)c2F)c(F)c1F. The van der Waals surface area contributed by atoms with Crippen molar-refractivity contribution in [3.63, 3.8) is 0 Å². The van der Waals surface area contributed by atoms with Crippen molar-refractivity contribution < 1.29 is 87.8 Å². The second-order valence-electron chi connectivity index (χ2n) is 11.9. The normalized spacial score (nSPS) is 11.6. The van der Waals surface area contributed by atoms with Gasteiger partial charge in [-0.1, -0.05) is 36.4 Å². The van der Waals surface area contributed by atoms with E-state index in [4.69, 9.17) is 0 Å². The van der Waals surface area contributed by atoms with E-state index in [-0.39, 0.29) is 10.9 Å². The van der Waals surface area contributed by atoms with Gasteiger partial charge in [-0.15, -0.1) is 21.9 Å². The molecule has 0 spiro atoms. The van der Waals surface area contributed by atoms with Gasteiger partial charge in [-0.05, 0) is 24.3 Å². The van der Waals surface area contributed by atoms with Gasteiger partial charge in [0.1, 0.15) is 58.9 Å². The van der Waals surface area contributed by atoms with E-state index in [9.17, 15) is 52.7 Å². The zero-order chi connectivity index (χ0) is 44.2. The van der Waals surface area contributed by atoms with Gasteiger partial charge in [-0.2, -0.15) is 0 Å². The first-order valence-corrected chi connectivity index (χ1v) is 17.2. The predicted molar refractivity (Wildman–Crippen MR) is 172 cm³/mol. The smallest absolute Gasteiger partial charge is 0.200 e. The Balaban J connectivity index is 0.000000395. The molecule has 310 valence electrons. The van der Waals surface area contributed by atoms with Crippen LogP contribution in [0.5, 0.6) is 0 Å². The minimum absolute atomic E-state index is 0.203. The maximum atomic E-state index is 15.4. The van der Waals surface area contributed by atoms with E-state index >= 15 is 35.1 Å². The maximum Gasteiger partial charge on any atom is 0.200 e. The van der Waals surface area contributed by atoms with E-state index in [1.54, 1.807) is 0 Å². The van der Waals surface area contributed by atoms with E-state index < -0.39 is 144 Å². The van der Waals surface area contributed by atoms with Crippen LogP contribution in [0.25, 0.3) is 0 Å². The Labute approximate surface area is 319 Å². The molecule has 0 aromatic heterocycles. The van der Waals surface area contributed by atoms with Crippen LogP contribution in [0.2, 0.25) is 0 Å². The summed E-state index contributed by atoms with van der Waals surface area (Å²) in [5, 5.41) is 0. The average Bonchev–Trinajstić information content (AvgIpc) is 3.24. The van der Waals surface area contributed by atoms with Crippen molar-refractivity contribution in [2.75, 3.05) is 6.26 Å². The second kappa shape index (κ2) is 16.5. The Bertz CT molecular complexity index is 2200. The van der Waals surface area contributed by atoms with Gasteiger partial charge in [-0.25, -0.2) is 87.8 Å². The Morgan fingerprint density at radius 3 is 0.576 bits per heavy atom. The standard InChI is InChI=1S/C24BF20.C13H13S/c26-5-1(6(27)14(35)21(42)13(5)34)25(2-7(28)15(36)22(43)16(37)8(2)29,3-9(30)17(38)23(44)18(39)10(3)31)4-11(32)19(40)24(45)20(41)12(4)33;1-14(12-8-4-2-5-9-12)13-10-6-3-7-11-13/h;2-11H,1H3/q-1;+1. The summed E-state index contributed by atoms with van der Waals surface area (Å²) in [4.78, 5) is 2.80. The van der Waals surface area contributed by atoms with E-state index in [1.165, 1.54) is 9.79 Å². The molecule has 6 aromatic carbocycles. The lowest BCUT2D eigenvalue weighted by molar-refractivity contribution is 0.378. The van der Waals surface area contributed by atoms with E-state index in [0.29, 0.717) is 0 Å². The van der Waals surface area contributed by atoms with Gasteiger partial charge in [0.05, 0.1) is 10.9 Å². The Morgan fingerprint density at radius 1 is 0.254 bits per heavy atom. The fourth-order valence-corrected chi connectivity index (χ4v) is 7.66. The van der Waals surface area contributed by atoms with Crippen molar-refractivity contribution in [1.29, 1.82) is 0 Å². The predicted octanol–water partition coefficient (Wildman–Crippen LogP) is 9.20. The lowest BCUT2D eigenvalue weighted by atomic mass is 9.12. The molecular formula is C37H13BF20S. The number of hydrogen-bond acceptors (Lipinski definition) is 0. The summed E-state index contributed by atoms with van der Waals surface area (Å²) >= 11 is 0. The molecule has 0 amide bonds. The quantitative estimate of drug-likeness (QED) is 0.0515. The molecule has 0 radical (unpaired) electrons. The van der Waals surface area contributed by atoms with E-state index in [2.05, 4.69) is 66.9 Å². The average molecular weight is 880 g/mol. The minimum Gasteiger partial charge on any atom is -0.207 e. The molecule has 0 heterocycles. The minimum atomic E-state index is -7.22. The largest absolute Gasteiger partial charge is 0.207 e. The molecule has 6 aromatic rings. The highest BCUT2D eigenvalue weighted by molar-refractivity contribution is 7.96. The zero-order valence-electron chi connectivity index (χ0n) is 28.3. The first-order valence-electron chi connectivity index (χ1n) is 15.6. The Morgan fingerprint density at radius 2 is 0.407 bits per heavy atom. The van der Waals surface area contributed by atoms with Crippen LogP contribution >= 0.6 is 0 Å². The van der Waals surface area contributed by atoms with Crippen LogP contribution in [0, 0.1) is 116 Å². The molecule has 0 unspecified atom stereocenters. The van der Waals surface area contributed by atoms with Gasteiger partial charge in [0.15, 0.2) is 79.6 Å². The molecule has 59 heavy (non-hydrogen) atoms. The first-order chi connectivity index (χ1) is 27.6. The van der Waals surface area contributed by atoms with E-state index in [0.717, 1.165) is 0 Å². The van der Waals surface area contributed by atoms with Gasteiger partial charge in [0.25, 0.3) is 0 Å². The van der Waals surface area contributed by atoms with Crippen LogP contribution in [-0.4, -0.2) is 12.4 Å². The van der Waals surface area contributed by atoms with Gasteiger partial charge in [-0.3, -0.25) is 0 Å². The van der Waals surface area contributed by atoms with Crippen molar-refractivity contribution in [3.8, 4) is 0 Å². The van der Waals surface area contributed by atoms with Crippen LogP contribution in [0.4, 0.5) is 87.8 Å². The summed E-state index contributed by atoms with van der Waals surface area (Å²) < 4.78 is 294. The highest BCUT2D eigenvalue weighted by Gasteiger charge is 2.52. The van der Waals surface area contributed by atoms with E-state index in [1.807, 2.05) is 0 Å². The Hall–Kier alpha value is -5.67.